The third-order valence-electron chi connectivity index (χ3n) is 2.73. The largest absolute Gasteiger partial charge is 0.391 e. The van der Waals surface area contributed by atoms with E-state index in [1.54, 1.807) is 19.2 Å². The first kappa shape index (κ1) is 11.1. The summed E-state index contributed by atoms with van der Waals surface area (Å²) in [4.78, 5) is 15.2. The van der Waals surface area contributed by atoms with Gasteiger partial charge in [-0.05, 0) is 25.8 Å². The number of ether oxygens (including phenoxy) is 1. The molecule has 1 aromatic heterocycles. The average molecular weight is 225 g/mol. The van der Waals surface area contributed by atoms with Gasteiger partial charge in [0.2, 0.25) is 0 Å². The Kier molecular flexibility index (Phi) is 2.93. The number of nitrogens with two attached hydrogens (primary N) is 1. The Morgan fingerprint density at radius 2 is 2.44 bits per heavy atom. The molecule has 0 spiro atoms. The van der Waals surface area contributed by atoms with Gasteiger partial charge in [-0.1, -0.05) is 0 Å². The lowest BCUT2D eigenvalue weighted by Crippen LogP contribution is -2.29. The van der Waals surface area contributed by atoms with Crippen molar-refractivity contribution >= 4 is 5.82 Å². The number of hydrogen-bond donors (Lipinski definition) is 2. The minimum atomic E-state index is -0.526. The zero-order chi connectivity index (χ0) is 11.7. The topological polar surface area (TPSA) is 90.4 Å². The zero-order valence-electron chi connectivity index (χ0n) is 9.04. The van der Waals surface area contributed by atoms with Crippen LogP contribution < -0.4 is 11.4 Å². The highest BCUT2D eigenvalue weighted by Gasteiger charge is 2.30. The zero-order valence-corrected chi connectivity index (χ0v) is 9.04. The van der Waals surface area contributed by atoms with Gasteiger partial charge in [0.15, 0.2) is 0 Å². The first-order valence-corrected chi connectivity index (χ1v) is 5.26. The summed E-state index contributed by atoms with van der Waals surface area (Å²) < 4.78 is 6.96. The summed E-state index contributed by atoms with van der Waals surface area (Å²) in [7, 11) is 0. The normalized spacial score (nSPS) is 26.9. The van der Waals surface area contributed by atoms with Crippen LogP contribution in [0.25, 0.3) is 0 Å². The molecule has 0 bridgehead atoms. The minimum Gasteiger partial charge on any atom is -0.391 e. The Bertz CT molecular complexity index is 430. The molecule has 0 amide bonds. The van der Waals surface area contributed by atoms with Gasteiger partial charge in [-0.2, -0.15) is 4.98 Å². The molecule has 6 nitrogen and oxygen atoms in total. The molecular weight excluding hydrogens is 210 g/mol. The van der Waals surface area contributed by atoms with Crippen molar-refractivity contribution in [3.05, 3.63) is 22.7 Å². The minimum absolute atomic E-state index is 0.200. The summed E-state index contributed by atoms with van der Waals surface area (Å²) in [5, 5.41) is 9.38. The fourth-order valence-electron chi connectivity index (χ4n) is 1.85. The summed E-state index contributed by atoms with van der Waals surface area (Å²) in [5.74, 6) is 0.200. The van der Waals surface area contributed by atoms with Crippen LogP contribution in [0.1, 0.15) is 26.0 Å². The van der Waals surface area contributed by atoms with Crippen LogP contribution in [0.2, 0.25) is 0 Å². The van der Waals surface area contributed by atoms with Crippen LogP contribution in [0.15, 0.2) is 17.1 Å². The van der Waals surface area contributed by atoms with Gasteiger partial charge < -0.3 is 15.6 Å². The molecule has 0 aliphatic carbocycles. The van der Waals surface area contributed by atoms with E-state index in [1.807, 2.05) is 0 Å². The van der Waals surface area contributed by atoms with E-state index in [9.17, 15) is 9.90 Å². The summed E-state index contributed by atoms with van der Waals surface area (Å²) >= 11 is 0. The van der Waals surface area contributed by atoms with Gasteiger partial charge in [0.05, 0.1) is 12.2 Å². The van der Waals surface area contributed by atoms with E-state index in [0.29, 0.717) is 6.42 Å². The van der Waals surface area contributed by atoms with Crippen molar-refractivity contribution in [1.82, 2.24) is 9.55 Å². The van der Waals surface area contributed by atoms with E-state index in [0.717, 1.165) is 6.42 Å². The van der Waals surface area contributed by atoms with E-state index in [4.69, 9.17) is 10.5 Å². The lowest BCUT2D eigenvalue weighted by Gasteiger charge is -2.17. The van der Waals surface area contributed by atoms with E-state index in [2.05, 4.69) is 4.98 Å². The van der Waals surface area contributed by atoms with Crippen molar-refractivity contribution in [2.45, 2.75) is 38.2 Å². The fourth-order valence-corrected chi connectivity index (χ4v) is 1.85. The van der Waals surface area contributed by atoms with Gasteiger partial charge in [0.1, 0.15) is 12.0 Å². The number of rotatable bonds is 2. The second-order valence-electron chi connectivity index (χ2n) is 3.99. The maximum Gasteiger partial charge on any atom is 0.351 e. The van der Waals surface area contributed by atoms with Crippen molar-refractivity contribution in [3.63, 3.8) is 0 Å². The summed E-state index contributed by atoms with van der Waals surface area (Å²) in [6.07, 6.45) is 1.91. The fraction of sp³-hybridized carbons (Fsp3) is 0.600. The highest BCUT2D eigenvalue weighted by molar-refractivity contribution is 5.23. The van der Waals surface area contributed by atoms with Gasteiger partial charge in [-0.15, -0.1) is 0 Å². The molecule has 0 saturated carbocycles. The highest BCUT2D eigenvalue weighted by Crippen LogP contribution is 2.28. The number of anilines is 1. The Balaban J connectivity index is 2.18. The molecule has 3 N–H and O–H groups in total. The maximum absolute atomic E-state index is 11.5. The second-order valence-corrected chi connectivity index (χ2v) is 3.99. The van der Waals surface area contributed by atoms with Crippen molar-refractivity contribution in [2.75, 3.05) is 5.73 Å². The lowest BCUT2D eigenvalue weighted by molar-refractivity contribution is -0.0544. The van der Waals surface area contributed by atoms with Crippen molar-refractivity contribution in [1.29, 1.82) is 0 Å². The summed E-state index contributed by atoms with van der Waals surface area (Å²) in [6, 6.07) is 1.56. The molecular formula is C10H15N3O3. The predicted octanol–water partition coefficient (Wildman–Crippen LogP) is -0.116. The number of nitrogen functional groups attached to an aromatic ring is 1. The Morgan fingerprint density at radius 3 is 3.00 bits per heavy atom. The third-order valence-corrected chi connectivity index (χ3v) is 2.73. The van der Waals surface area contributed by atoms with Crippen LogP contribution >= 0.6 is 0 Å². The standard InChI is InChI=1S/C10H15N3O3/c1-6(14)7-2-3-9(16-7)13-5-4-8(11)12-10(13)15/h4-7,9,14H,2-3H2,1H3,(H2,11,12,15)/t6-,7+,9-/m1/s1. The van der Waals surface area contributed by atoms with Crippen LogP contribution in [0.3, 0.4) is 0 Å². The molecule has 3 atom stereocenters. The highest BCUT2D eigenvalue weighted by atomic mass is 16.5. The van der Waals surface area contributed by atoms with Crippen LogP contribution in [-0.2, 0) is 4.74 Å². The van der Waals surface area contributed by atoms with E-state index in [1.165, 1.54) is 4.57 Å². The second kappa shape index (κ2) is 4.23. The Hall–Kier alpha value is -1.40. The molecule has 1 aromatic rings. The van der Waals surface area contributed by atoms with Gasteiger partial charge in [0.25, 0.3) is 0 Å². The molecule has 1 fully saturated rings. The number of aliphatic hydroxyl groups excluding tert-OH is 1. The number of hydrogen-bond acceptors (Lipinski definition) is 5. The average Bonchev–Trinajstić information content (AvgIpc) is 2.66. The molecule has 16 heavy (non-hydrogen) atoms. The van der Waals surface area contributed by atoms with Crippen LogP contribution in [-0.4, -0.2) is 26.9 Å². The number of aliphatic hydroxyl groups is 1. The molecule has 1 aliphatic heterocycles. The maximum atomic E-state index is 11.5. The Morgan fingerprint density at radius 1 is 1.69 bits per heavy atom. The molecule has 1 saturated heterocycles. The molecule has 88 valence electrons. The van der Waals surface area contributed by atoms with Gasteiger partial charge in [0, 0.05) is 6.20 Å². The molecule has 0 aromatic carbocycles. The molecule has 0 radical (unpaired) electrons. The molecule has 2 rings (SSSR count). The third kappa shape index (κ3) is 2.07. The van der Waals surface area contributed by atoms with E-state index in [-0.39, 0.29) is 18.1 Å². The number of nitrogens with zero attached hydrogens (tertiary/aromatic N) is 2. The van der Waals surface area contributed by atoms with Crippen molar-refractivity contribution in [3.8, 4) is 0 Å². The first-order chi connectivity index (χ1) is 7.58. The smallest absolute Gasteiger partial charge is 0.351 e. The predicted molar refractivity (Wildman–Crippen MR) is 57.7 cm³/mol. The summed E-state index contributed by atoms with van der Waals surface area (Å²) in [5.41, 5.74) is 4.98. The van der Waals surface area contributed by atoms with Gasteiger partial charge >= 0.3 is 5.69 Å². The van der Waals surface area contributed by atoms with Crippen LogP contribution in [0.4, 0.5) is 5.82 Å². The monoisotopic (exact) mass is 225 g/mol. The summed E-state index contributed by atoms with van der Waals surface area (Å²) in [6.45, 7) is 1.68. The lowest BCUT2D eigenvalue weighted by atomic mass is 10.1. The van der Waals surface area contributed by atoms with E-state index >= 15 is 0 Å². The molecule has 2 heterocycles. The quantitative estimate of drug-likeness (QED) is 0.732. The molecule has 6 heteroatoms. The van der Waals surface area contributed by atoms with Crippen LogP contribution in [0.5, 0.6) is 0 Å². The van der Waals surface area contributed by atoms with Crippen molar-refractivity contribution < 1.29 is 9.84 Å². The molecule has 1 aliphatic rings. The van der Waals surface area contributed by atoms with Gasteiger partial charge in [-0.3, -0.25) is 4.57 Å². The molecule has 0 unspecified atom stereocenters. The number of aromatic nitrogens is 2. The van der Waals surface area contributed by atoms with Gasteiger partial charge in [-0.25, -0.2) is 4.79 Å². The van der Waals surface area contributed by atoms with E-state index < -0.39 is 11.8 Å². The van der Waals surface area contributed by atoms with Crippen molar-refractivity contribution in [2.24, 2.45) is 0 Å². The first-order valence-electron chi connectivity index (χ1n) is 5.26. The van der Waals surface area contributed by atoms with Crippen LogP contribution in [0, 0.1) is 0 Å². The Labute approximate surface area is 92.7 Å². The SMILES string of the molecule is C[C@@H](O)[C@@H]1CC[C@H](n2ccc(N)nc2=O)O1.